The Labute approximate surface area is 184 Å². The zero-order valence-electron chi connectivity index (χ0n) is 17.5. The van der Waals surface area contributed by atoms with Crippen molar-refractivity contribution in [1.29, 1.82) is 0 Å². The molecule has 1 aromatic rings. The van der Waals surface area contributed by atoms with Gasteiger partial charge in [-0.05, 0) is 68.2 Å². The number of hydrogen-bond acceptors (Lipinski definition) is 4. The van der Waals surface area contributed by atoms with Crippen molar-refractivity contribution in [2.75, 3.05) is 13.1 Å². The lowest BCUT2D eigenvalue weighted by Gasteiger charge is -2.45. The monoisotopic (exact) mass is 454 g/mol. The second-order valence-corrected chi connectivity index (χ2v) is 11.4. The number of nitrogens with zero attached hydrogens (tertiary/aromatic N) is 2. The molecule has 2 aliphatic heterocycles. The van der Waals surface area contributed by atoms with Crippen molar-refractivity contribution in [1.82, 2.24) is 9.21 Å². The van der Waals surface area contributed by atoms with E-state index in [0.717, 1.165) is 38.5 Å². The number of amides is 1. The second kappa shape index (κ2) is 8.41. The summed E-state index contributed by atoms with van der Waals surface area (Å²) in [7, 11) is -3.69. The summed E-state index contributed by atoms with van der Waals surface area (Å²) in [4.78, 5) is 14.9. The van der Waals surface area contributed by atoms with E-state index in [1.165, 1.54) is 0 Å². The van der Waals surface area contributed by atoms with E-state index >= 15 is 0 Å². The molecule has 6 nitrogen and oxygen atoms in total. The molecular formula is C22H31ClN2O4S. The van der Waals surface area contributed by atoms with Gasteiger partial charge in [-0.25, -0.2) is 8.42 Å². The molecule has 1 aliphatic carbocycles. The number of carbonyl (C=O) groups is 1. The Kier molecular flexibility index (Phi) is 6.19. The molecule has 1 amide bonds. The number of sulfonamides is 1. The smallest absolute Gasteiger partial charge is 0.243 e. The molecule has 4 rings (SSSR count). The van der Waals surface area contributed by atoms with Gasteiger partial charge in [0.1, 0.15) is 0 Å². The quantitative estimate of drug-likeness (QED) is 0.714. The van der Waals surface area contributed by atoms with E-state index in [1.807, 2.05) is 6.92 Å². The van der Waals surface area contributed by atoms with E-state index in [2.05, 4.69) is 0 Å². The highest BCUT2D eigenvalue weighted by atomic mass is 35.5. The van der Waals surface area contributed by atoms with Crippen molar-refractivity contribution in [3.63, 3.8) is 0 Å². The molecule has 2 saturated heterocycles. The highest BCUT2D eigenvalue weighted by molar-refractivity contribution is 7.89. The van der Waals surface area contributed by atoms with Crippen LogP contribution < -0.4 is 0 Å². The Morgan fingerprint density at radius 1 is 1.20 bits per heavy atom. The van der Waals surface area contributed by atoms with Crippen molar-refractivity contribution in [2.45, 2.75) is 81.4 Å². The maximum atomic E-state index is 13.7. The van der Waals surface area contributed by atoms with Gasteiger partial charge in [-0.15, -0.1) is 0 Å². The van der Waals surface area contributed by atoms with E-state index in [4.69, 9.17) is 11.6 Å². The summed E-state index contributed by atoms with van der Waals surface area (Å²) in [6, 6.07) is 6.17. The van der Waals surface area contributed by atoms with Gasteiger partial charge in [-0.2, -0.15) is 4.31 Å². The summed E-state index contributed by atoms with van der Waals surface area (Å²) < 4.78 is 29.1. The number of hydrogen-bond donors (Lipinski definition) is 1. The van der Waals surface area contributed by atoms with Crippen LogP contribution in [0.4, 0.5) is 0 Å². The van der Waals surface area contributed by atoms with Crippen LogP contribution in [0.5, 0.6) is 0 Å². The van der Waals surface area contributed by atoms with Gasteiger partial charge in [-0.3, -0.25) is 4.79 Å². The summed E-state index contributed by atoms with van der Waals surface area (Å²) in [5.74, 6) is 0.0477. The third-order valence-electron chi connectivity index (χ3n) is 7.16. The average Bonchev–Trinajstić information content (AvgIpc) is 3.38. The molecule has 0 bridgehead atoms. The van der Waals surface area contributed by atoms with Gasteiger partial charge in [0, 0.05) is 36.6 Å². The highest BCUT2D eigenvalue weighted by Gasteiger charge is 2.57. The molecule has 3 atom stereocenters. The van der Waals surface area contributed by atoms with E-state index in [9.17, 15) is 18.3 Å². The molecule has 1 N–H and O–H groups in total. The third-order valence-corrected chi connectivity index (χ3v) is 9.39. The molecule has 0 radical (unpaired) electrons. The van der Waals surface area contributed by atoms with Crippen LogP contribution >= 0.6 is 11.6 Å². The molecule has 3 fully saturated rings. The molecular weight excluding hydrogens is 424 g/mol. The largest absolute Gasteiger partial charge is 0.391 e. The fourth-order valence-electron chi connectivity index (χ4n) is 5.28. The van der Waals surface area contributed by atoms with Gasteiger partial charge in [0.2, 0.25) is 15.9 Å². The van der Waals surface area contributed by atoms with Crippen molar-refractivity contribution in [3.05, 3.63) is 29.3 Å². The molecule has 0 spiro atoms. The molecule has 3 aliphatic rings. The Hall–Kier alpha value is -1.15. The lowest BCUT2D eigenvalue weighted by atomic mass is 9.83. The van der Waals surface area contributed by atoms with Gasteiger partial charge in [0.05, 0.1) is 11.0 Å². The second-order valence-electron chi connectivity index (χ2n) is 9.12. The number of β-amino-alcohol motifs (C(OH)–C–C–N with tert-alkyl or cyclic N) is 1. The molecule has 30 heavy (non-hydrogen) atoms. The predicted molar refractivity (Wildman–Crippen MR) is 116 cm³/mol. The first-order valence-corrected chi connectivity index (χ1v) is 12.8. The van der Waals surface area contributed by atoms with E-state index < -0.39 is 16.1 Å². The van der Waals surface area contributed by atoms with Crippen molar-refractivity contribution < 1.29 is 18.3 Å². The lowest BCUT2D eigenvalue weighted by Crippen LogP contribution is -2.54. The molecule has 8 heteroatoms. The number of aliphatic hydroxyl groups excluding tert-OH is 1. The van der Waals surface area contributed by atoms with Crippen molar-refractivity contribution >= 4 is 27.5 Å². The number of piperidine rings is 1. The first kappa shape index (κ1) is 22.1. The van der Waals surface area contributed by atoms with Gasteiger partial charge in [-0.1, -0.05) is 24.9 Å². The molecule has 2 heterocycles. The van der Waals surface area contributed by atoms with Crippen LogP contribution in [0, 0.1) is 5.41 Å². The Morgan fingerprint density at radius 3 is 2.47 bits per heavy atom. The van der Waals surface area contributed by atoms with Crippen LogP contribution in [0.15, 0.2) is 29.2 Å². The van der Waals surface area contributed by atoms with Gasteiger partial charge in [0.25, 0.3) is 0 Å². The zero-order valence-corrected chi connectivity index (χ0v) is 19.0. The molecule has 3 unspecified atom stereocenters. The fourth-order valence-corrected chi connectivity index (χ4v) is 7.44. The van der Waals surface area contributed by atoms with Crippen LogP contribution in [-0.2, 0) is 14.8 Å². The van der Waals surface area contributed by atoms with Crippen LogP contribution in [0.25, 0.3) is 0 Å². The molecule has 166 valence electrons. The van der Waals surface area contributed by atoms with Crippen LogP contribution in [0.2, 0.25) is 5.02 Å². The number of likely N-dealkylation sites (tertiary alicyclic amines) is 1. The first-order chi connectivity index (χ1) is 14.3. The van der Waals surface area contributed by atoms with Crippen LogP contribution in [-0.4, -0.2) is 59.9 Å². The van der Waals surface area contributed by atoms with Gasteiger partial charge >= 0.3 is 0 Å². The maximum absolute atomic E-state index is 13.7. The minimum Gasteiger partial charge on any atom is -0.391 e. The first-order valence-electron chi connectivity index (χ1n) is 11.0. The SMILES string of the molecule is CCC1CCCC(C2(CC(=O)N3CCC(O)C3)CC2)N1S(=O)(=O)c1ccc(Cl)cc1. The predicted octanol–water partition coefficient (Wildman–Crippen LogP) is 3.43. The summed E-state index contributed by atoms with van der Waals surface area (Å²) in [6.07, 6.45) is 5.68. The minimum absolute atomic E-state index is 0.0477. The van der Waals surface area contributed by atoms with Crippen molar-refractivity contribution in [2.24, 2.45) is 5.41 Å². The summed E-state index contributed by atoms with van der Waals surface area (Å²) in [5.41, 5.74) is -0.280. The number of carbonyl (C=O) groups excluding carboxylic acids is 1. The number of aliphatic hydroxyl groups is 1. The Balaban J connectivity index is 1.62. The molecule has 1 saturated carbocycles. The van der Waals surface area contributed by atoms with Crippen LogP contribution in [0.3, 0.4) is 0 Å². The Bertz CT molecular complexity index is 885. The average molecular weight is 455 g/mol. The summed E-state index contributed by atoms with van der Waals surface area (Å²) >= 11 is 5.98. The zero-order chi connectivity index (χ0) is 21.5. The Morgan fingerprint density at radius 2 is 1.90 bits per heavy atom. The maximum Gasteiger partial charge on any atom is 0.243 e. The van der Waals surface area contributed by atoms with Crippen LogP contribution in [0.1, 0.15) is 58.3 Å². The fraction of sp³-hybridized carbons (Fsp3) is 0.682. The molecule has 0 aromatic heterocycles. The van der Waals surface area contributed by atoms with E-state index in [-0.39, 0.29) is 28.3 Å². The third kappa shape index (κ3) is 4.14. The normalized spacial score (nSPS) is 29.2. The highest BCUT2D eigenvalue weighted by Crippen LogP contribution is 2.57. The van der Waals surface area contributed by atoms with E-state index in [0.29, 0.717) is 31.0 Å². The number of benzene rings is 1. The number of rotatable bonds is 6. The summed E-state index contributed by atoms with van der Waals surface area (Å²) in [5, 5.41) is 10.3. The summed E-state index contributed by atoms with van der Waals surface area (Å²) in [6.45, 7) is 3.02. The van der Waals surface area contributed by atoms with Crippen molar-refractivity contribution in [3.8, 4) is 0 Å². The van der Waals surface area contributed by atoms with E-state index in [1.54, 1.807) is 33.5 Å². The minimum atomic E-state index is -3.69. The van der Waals surface area contributed by atoms with Gasteiger partial charge < -0.3 is 10.0 Å². The number of halogens is 1. The van der Waals surface area contributed by atoms with Gasteiger partial charge in [0.15, 0.2) is 0 Å². The standard InChI is InChI=1S/C22H31ClN2O4S/c1-2-17-4-3-5-20(25(17)30(28,29)19-8-6-16(23)7-9-19)22(11-12-22)14-21(27)24-13-10-18(26)15-24/h6-9,17-18,20,26H,2-5,10-15H2,1H3. The molecule has 1 aromatic carbocycles. The topological polar surface area (TPSA) is 77.9 Å². The lowest BCUT2D eigenvalue weighted by molar-refractivity contribution is -0.132.